The number of anilines is 2. The molecule has 1 saturated heterocycles. The molecule has 4 rings (SSSR count). The summed E-state index contributed by atoms with van der Waals surface area (Å²) in [5.41, 5.74) is 5.80. The molecule has 1 atom stereocenters. The SMILES string of the molecule is Nc1c(N2CCC(Oc3ccc(C(F)(F)F)cn3)C2)ncnc1-n1cccn1. The molecule has 1 aliphatic heterocycles. The number of nitrogens with zero attached hydrogens (tertiary/aromatic N) is 6. The largest absolute Gasteiger partial charge is 0.472 e. The van der Waals surface area contributed by atoms with Crippen LogP contribution in [-0.2, 0) is 6.18 Å². The number of nitrogens with two attached hydrogens (primary N) is 1. The minimum Gasteiger partial charge on any atom is -0.472 e. The first-order chi connectivity index (χ1) is 13.4. The van der Waals surface area contributed by atoms with Crippen LogP contribution in [0, 0.1) is 0 Å². The number of rotatable bonds is 4. The summed E-state index contributed by atoms with van der Waals surface area (Å²) in [5.74, 6) is 1.18. The van der Waals surface area contributed by atoms with Crippen molar-refractivity contribution in [2.45, 2.75) is 18.7 Å². The lowest BCUT2D eigenvalue weighted by molar-refractivity contribution is -0.137. The molecule has 11 heteroatoms. The van der Waals surface area contributed by atoms with E-state index in [-0.39, 0.29) is 12.0 Å². The van der Waals surface area contributed by atoms with Gasteiger partial charge in [0.05, 0.1) is 12.1 Å². The van der Waals surface area contributed by atoms with E-state index >= 15 is 0 Å². The number of hydrogen-bond donors (Lipinski definition) is 1. The standard InChI is InChI=1S/C17H16F3N7O/c18-17(19,20)11-2-3-13(22-8-11)28-12-4-7-26(9-12)15-14(21)16(24-10-23-15)27-6-1-5-25-27/h1-3,5-6,8,10,12H,4,7,9,21H2. The van der Waals surface area contributed by atoms with E-state index in [0.717, 1.165) is 12.3 Å². The van der Waals surface area contributed by atoms with Gasteiger partial charge in [-0.1, -0.05) is 0 Å². The third-order valence-corrected chi connectivity index (χ3v) is 4.36. The second kappa shape index (κ2) is 6.98. The minimum atomic E-state index is -4.42. The summed E-state index contributed by atoms with van der Waals surface area (Å²) in [4.78, 5) is 14.1. The topological polar surface area (TPSA) is 95.0 Å². The zero-order chi connectivity index (χ0) is 19.7. The Balaban J connectivity index is 1.45. The highest BCUT2D eigenvalue weighted by atomic mass is 19.4. The van der Waals surface area contributed by atoms with Crippen LogP contribution in [-0.4, -0.2) is 43.9 Å². The lowest BCUT2D eigenvalue weighted by Gasteiger charge is -2.20. The number of alkyl halides is 3. The monoisotopic (exact) mass is 391 g/mol. The Morgan fingerprint density at radius 2 is 1.96 bits per heavy atom. The molecule has 2 N–H and O–H groups in total. The van der Waals surface area contributed by atoms with Gasteiger partial charge >= 0.3 is 6.18 Å². The van der Waals surface area contributed by atoms with Gasteiger partial charge in [-0.05, 0) is 12.1 Å². The summed E-state index contributed by atoms with van der Waals surface area (Å²) in [6.45, 7) is 1.10. The Labute approximate surface area is 157 Å². The van der Waals surface area contributed by atoms with Crippen LogP contribution in [0.15, 0.2) is 43.1 Å². The lowest BCUT2D eigenvalue weighted by atomic mass is 10.3. The molecule has 0 radical (unpaired) electrons. The van der Waals surface area contributed by atoms with Gasteiger partial charge in [-0.15, -0.1) is 0 Å². The van der Waals surface area contributed by atoms with E-state index in [0.29, 0.717) is 36.8 Å². The van der Waals surface area contributed by atoms with E-state index in [2.05, 4.69) is 20.1 Å². The third kappa shape index (κ3) is 3.55. The molecule has 0 saturated carbocycles. The van der Waals surface area contributed by atoms with Crippen molar-refractivity contribution < 1.29 is 17.9 Å². The third-order valence-electron chi connectivity index (χ3n) is 4.36. The number of aromatic nitrogens is 5. The predicted molar refractivity (Wildman–Crippen MR) is 94.1 cm³/mol. The van der Waals surface area contributed by atoms with E-state index in [9.17, 15) is 13.2 Å². The van der Waals surface area contributed by atoms with Gasteiger partial charge in [0.15, 0.2) is 11.6 Å². The van der Waals surface area contributed by atoms with Gasteiger partial charge in [0.25, 0.3) is 0 Å². The molecule has 8 nitrogen and oxygen atoms in total. The van der Waals surface area contributed by atoms with Crippen LogP contribution in [0.1, 0.15) is 12.0 Å². The highest BCUT2D eigenvalue weighted by molar-refractivity contribution is 5.70. The Kier molecular flexibility index (Phi) is 4.49. The van der Waals surface area contributed by atoms with Gasteiger partial charge in [-0.2, -0.15) is 18.3 Å². The average molecular weight is 391 g/mol. The van der Waals surface area contributed by atoms with Gasteiger partial charge in [0.1, 0.15) is 18.1 Å². The molecule has 28 heavy (non-hydrogen) atoms. The van der Waals surface area contributed by atoms with Crippen LogP contribution in [0.2, 0.25) is 0 Å². The number of pyridine rings is 1. The van der Waals surface area contributed by atoms with E-state index in [1.165, 1.54) is 12.4 Å². The summed E-state index contributed by atoms with van der Waals surface area (Å²) >= 11 is 0. The van der Waals surface area contributed by atoms with Gasteiger partial charge in [0.2, 0.25) is 5.88 Å². The molecular formula is C17H16F3N7O. The molecule has 0 aromatic carbocycles. The van der Waals surface area contributed by atoms with Crippen molar-refractivity contribution in [3.8, 4) is 11.7 Å². The molecule has 3 aromatic heterocycles. The fourth-order valence-electron chi connectivity index (χ4n) is 3.01. The first-order valence-electron chi connectivity index (χ1n) is 8.47. The second-order valence-corrected chi connectivity index (χ2v) is 6.24. The summed E-state index contributed by atoms with van der Waals surface area (Å²) in [5, 5.41) is 4.12. The summed E-state index contributed by atoms with van der Waals surface area (Å²) in [7, 11) is 0. The molecular weight excluding hydrogens is 375 g/mol. The van der Waals surface area contributed by atoms with Crippen molar-refractivity contribution in [2.75, 3.05) is 23.7 Å². The first-order valence-corrected chi connectivity index (χ1v) is 8.47. The Bertz CT molecular complexity index is 944. The molecule has 0 aliphatic carbocycles. The molecule has 3 aromatic rings. The van der Waals surface area contributed by atoms with E-state index in [4.69, 9.17) is 10.5 Å². The fraction of sp³-hybridized carbons (Fsp3) is 0.294. The number of halogens is 3. The molecule has 0 amide bonds. The zero-order valence-corrected chi connectivity index (χ0v) is 14.5. The second-order valence-electron chi connectivity index (χ2n) is 6.24. The minimum absolute atomic E-state index is 0.146. The zero-order valence-electron chi connectivity index (χ0n) is 14.5. The molecule has 1 aliphatic rings. The van der Waals surface area contributed by atoms with E-state index < -0.39 is 11.7 Å². The molecule has 4 heterocycles. The predicted octanol–water partition coefficient (Wildman–Crippen LogP) is 2.32. The number of ether oxygens (including phenoxy) is 1. The van der Waals surface area contributed by atoms with Crippen LogP contribution in [0.4, 0.5) is 24.7 Å². The van der Waals surface area contributed by atoms with Crippen molar-refractivity contribution in [3.05, 3.63) is 48.7 Å². The van der Waals surface area contributed by atoms with Crippen molar-refractivity contribution in [1.82, 2.24) is 24.7 Å². The molecule has 1 fully saturated rings. The van der Waals surface area contributed by atoms with Crippen LogP contribution in [0.3, 0.4) is 0 Å². The van der Waals surface area contributed by atoms with E-state index in [1.807, 2.05) is 4.90 Å². The highest BCUT2D eigenvalue weighted by Crippen LogP contribution is 2.31. The molecule has 0 bridgehead atoms. The summed E-state index contributed by atoms with van der Waals surface area (Å²) in [6.07, 6.45) is 1.52. The molecule has 146 valence electrons. The maximum absolute atomic E-state index is 12.6. The molecule has 0 spiro atoms. The van der Waals surface area contributed by atoms with Gasteiger partial charge < -0.3 is 15.4 Å². The normalized spacial score (nSPS) is 17.1. The molecule has 1 unspecified atom stereocenters. The number of hydrogen-bond acceptors (Lipinski definition) is 7. The van der Waals surface area contributed by atoms with Crippen LogP contribution in [0.5, 0.6) is 5.88 Å². The van der Waals surface area contributed by atoms with Crippen molar-refractivity contribution in [1.29, 1.82) is 0 Å². The highest BCUT2D eigenvalue weighted by Gasteiger charge is 2.31. The van der Waals surface area contributed by atoms with Crippen molar-refractivity contribution >= 4 is 11.5 Å². The number of nitrogen functional groups attached to an aromatic ring is 1. The van der Waals surface area contributed by atoms with Crippen molar-refractivity contribution in [2.24, 2.45) is 0 Å². The summed E-state index contributed by atoms with van der Waals surface area (Å²) in [6, 6.07) is 3.94. The quantitative estimate of drug-likeness (QED) is 0.729. The average Bonchev–Trinajstić information content (AvgIpc) is 3.34. The lowest BCUT2D eigenvalue weighted by Crippen LogP contribution is -2.26. The fourth-order valence-corrected chi connectivity index (χ4v) is 3.01. The van der Waals surface area contributed by atoms with Crippen molar-refractivity contribution in [3.63, 3.8) is 0 Å². The Morgan fingerprint density at radius 3 is 2.64 bits per heavy atom. The van der Waals surface area contributed by atoms with E-state index in [1.54, 1.807) is 23.1 Å². The Hall–Kier alpha value is -3.37. The maximum Gasteiger partial charge on any atom is 0.417 e. The summed E-state index contributed by atoms with van der Waals surface area (Å²) < 4.78 is 45.1. The van der Waals surface area contributed by atoms with Crippen LogP contribution in [0.25, 0.3) is 5.82 Å². The van der Waals surface area contributed by atoms with Crippen LogP contribution < -0.4 is 15.4 Å². The first kappa shape index (κ1) is 18.0. The van der Waals surface area contributed by atoms with Gasteiger partial charge in [-0.3, -0.25) is 0 Å². The maximum atomic E-state index is 12.6. The van der Waals surface area contributed by atoms with Gasteiger partial charge in [-0.25, -0.2) is 19.6 Å². The van der Waals surface area contributed by atoms with Crippen LogP contribution >= 0.6 is 0 Å². The van der Waals surface area contributed by atoms with Gasteiger partial charge in [0, 0.05) is 37.6 Å². The smallest absolute Gasteiger partial charge is 0.417 e. The Morgan fingerprint density at radius 1 is 1.14 bits per heavy atom.